The van der Waals surface area contributed by atoms with Crippen LogP contribution in [0.5, 0.6) is 0 Å². The Kier molecular flexibility index (Phi) is 6.56. The molecule has 0 aliphatic carbocycles. The van der Waals surface area contributed by atoms with E-state index in [0.29, 0.717) is 6.61 Å². The average Bonchev–Trinajstić information content (AvgIpc) is 2.29. The molecule has 1 aromatic carbocycles. The van der Waals surface area contributed by atoms with E-state index in [-0.39, 0.29) is 12.1 Å². The summed E-state index contributed by atoms with van der Waals surface area (Å²) in [4.78, 5) is 0. The predicted octanol–water partition coefficient (Wildman–Crippen LogP) is 3.81. The van der Waals surface area contributed by atoms with Gasteiger partial charge in [0, 0.05) is 5.02 Å². The quantitative estimate of drug-likeness (QED) is 0.800. The lowest BCUT2D eigenvalue weighted by molar-refractivity contribution is 0.0611. The van der Waals surface area contributed by atoms with Crippen LogP contribution in [0.25, 0.3) is 0 Å². The second-order valence-corrected chi connectivity index (χ2v) is 4.88. The van der Waals surface area contributed by atoms with Gasteiger partial charge in [0.2, 0.25) is 0 Å². The van der Waals surface area contributed by atoms with Crippen molar-refractivity contribution in [1.29, 1.82) is 0 Å². The number of rotatable bonds is 7. The van der Waals surface area contributed by atoms with Gasteiger partial charge in [-0.1, -0.05) is 30.7 Å². The van der Waals surface area contributed by atoms with Gasteiger partial charge < -0.3 is 10.1 Å². The molecule has 1 aromatic rings. The first-order valence-corrected chi connectivity index (χ1v) is 6.61. The Hall–Kier alpha value is -0.570. The van der Waals surface area contributed by atoms with Crippen LogP contribution < -0.4 is 5.32 Å². The Morgan fingerprint density at radius 3 is 2.71 bits per heavy atom. The SMILES string of the molecule is CCCNC(COC(C)C)c1cccc(Cl)c1. The first kappa shape index (κ1) is 14.5. The minimum Gasteiger partial charge on any atom is -0.377 e. The van der Waals surface area contributed by atoms with Crippen LogP contribution in [0.3, 0.4) is 0 Å². The molecule has 0 saturated heterocycles. The van der Waals surface area contributed by atoms with Gasteiger partial charge >= 0.3 is 0 Å². The summed E-state index contributed by atoms with van der Waals surface area (Å²) in [5.41, 5.74) is 1.19. The lowest BCUT2D eigenvalue weighted by atomic mass is 10.1. The highest BCUT2D eigenvalue weighted by Gasteiger charge is 2.11. The third-order valence-electron chi connectivity index (χ3n) is 2.49. The molecule has 2 nitrogen and oxygen atoms in total. The third-order valence-corrected chi connectivity index (χ3v) is 2.72. The molecule has 0 aliphatic heterocycles. The smallest absolute Gasteiger partial charge is 0.0664 e. The van der Waals surface area contributed by atoms with Crippen molar-refractivity contribution < 1.29 is 4.74 Å². The maximum atomic E-state index is 6.02. The largest absolute Gasteiger partial charge is 0.377 e. The molecule has 3 heteroatoms. The molecular weight excluding hydrogens is 234 g/mol. The first-order chi connectivity index (χ1) is 8.13. The highest BCUT2D eigenvalue weighted by atomic mass is 35.5. The Morgan fingerprint density at radius 1 is 1.35 bits per heavy atom. The van der Waals surface area contributed by atoms with E-state index in [1.807, 2.05) is 18.2 Å². The summed E-state index contributed by atoms with van der Waals surface area (Å²) < 4.78 is 5.69. The molecule has 0 heterocycles. The monoisotopic (exact) mass is 255 g/mol. The van der Waals surface area contributed by atoms with Crippen molar-refractivity contribution in [1.82, 2.24) is 5.32 Å². The van der Waals surface area contributed by atoms with Crippen molar-refractivity contribution in [3.63, 3.8) is 0 Å². The van der Waals surface area contributed by atoms with Gasteiger partial charge in [-0.25, -0.2) is 0 Å². The summed E-state index contributed by atoms with van der Waals surface area (Å²) in [7, 11) is 0. The highest BCUT2D eigenvalue weighted by molar-refractivity contribution is 6.30. The fourth-order valence-electron chi connectivity index (χ4n) is 1.60. The molecule has 0 spiro atoms. The van der Waals surface area contributed by atoms with E-state index in [9.17, 15) is 0 Å². The van der Waals surface area contributed by atoms with E-state index in [4.69, 9.17) is 16.3 Å². The van der Waals surface area contributed by atoms with Crippen LogP contribution in [0.4, 0.5) is 0 Å². The first-order valence-electron chi connectivity index (χ1n) is 6.24. The maximum absolute atomic E-state index is 6.02. The fraction of sp³-hybridized carbons (Fsp3) is 0.571. The zero-order chi connectivity index (χ0) is 12.7. The van der Waals surface area contributed by atoms with Crippen LogP contribution in [0.1, 0.15) is 38.8 Å². The summed E-state index contributed by atoms with van der Waals surface area (Å²) in [6.45, 7) is 7.92. The summed E-state index contributed by atoms with van der Waals surface area (Å²) in [5.74, 6) is 0. The van der Waals surface area contributed by atoms with Crippen molar-refractivity contribution in [2.24, 2.45) is 0 Å². The van der Waals surface area contributed by atoms with Gasteiger partial charge in [0.25, 0.3) is 0 Å². The second kappa shape index (κ2) is 7.70. The van der Waals surface area contributed by atoms with Crippen LogP contribution in [-0.4, -0.2) is 19.3 Å². The maximum Gasteiger partial charge on any atom is 0.0664 e. The van der Waals surface area contributed by atoms with Crippen LogP contribution in [0.15, 0.2) is 24.3 Å². The van der Waals surface area contributed by atoms with Gasteiger partial charge in [-0.3, -0.25) is 0 Å². The molecule has 17 heavy (non-hydrogen) atoms. The molecule has 0 amide bonds. The summed E-state index contributed by atoms with van der Waals surface area (Å²) >= 11 is 6.02. The molecule has 0 saturated carbocycles. The average molecular weight is 256 g/mol. The van der Waals surface area contributed by atoms with E-state index in [2.05, 4.69) is 32.2 Å². The van der Waals surface area contributed by atoms with E-state index in [1.165, 1.54) is 5.56 Å². The Morgan fingerprint density at radius 2 is 2.12 bits per heavy atom. The standard InChI is InChI=1S/C14H22ClNO/c1-4-8-16-14(10-17-11(2)3)12-6-5-7-13(15)9-12/h5-7,9,11,14,16H,4,8,10H2,1-3H3. The lowest BCUT2D eigenvalue weighted by Crippen LogP contribution is -2.27. The predicted molar refractivity (Wildman–Crippen MR) is 73.6 cm³/mol. The van der Waals surface area contributed by atoms with Crippen LogP contribution in [0.2, 0.25) is 5.02 Å². The van der Waals surface area contributed by atoms with Crippen LogP contribution in [-0.2, 0) is 4.74 Å². The molecule has 0 aromatic heterocycles. The normalized spacial score (nSPS) is 13.0. The summed E-state index contributed by atoms with van der Waals surface area (Å²) in [6.07, 6.45) is 1.36. The molecular formula is C14H22ClNO. The minimum atomic E-state index is 0.219. The van der Waals surface area contributed by atoms with Gasteiger partial charge in [0.05, 0.1) is 18.8 Å². The Labute approximate surface area is 109 Å². The molecule has 0 aliphatic rings. The fourth-order valence-corrected chi connectivity index (χ4v) is 1.80. The van der Waals surface area contributed by atoms with E-state index in [0.717, 1.165) is 18.0 Å². The minimum absolute atomic E-state index is 0.219. The topological polar surface area (TPSA) is 21.3 Å². The number of benzene rings is 1. The third kappa shape index (κ3) is 5.53. The van der Waals surface area contributed by atoms with Crippen molar-refractivity contribution in [3.8, 4) is 0 Å². The zero-order valence-corrected chi connectivity index (χ0v) is 11.6. The number of ether oxygens (including phenoxy) is 1. The molecule has 1 rings (SSSR count). The van der Waals surface area contributed by atoms with Gasteiger partial charge in [-0.2, -0.15) is 0 Å². The molecule has 0 fully saturated rings. The van der Waals surface area contributed by atoms with Crippen molar-refractivity contribution in [2.45, 2.75) is 39.3 Å². The molecule has 0 bridgehead atoms. The number of hydrogen-bond donors (Lipinski definition) is 1. The molecule has 0 radical (unpaired) electrons. The van der Waals surface area contributed by atoms with Gasteiger partial charge in [-0.15, -0.1) is 0 Å². The number of nitrogens with one attached hydrogen (secondary N) is 1. The van der Waals surface area contributed by atoms with Gasteiger partial charge in [0.1, 0.15) is 0 Å². The second-order valence-electron chi connectivity index (χ2n) is 4.44. The number of halogens is 1. The van der Waals surface area contributed by atoms with Gasteiger partial charge in [0.15, 0.2) is 0 Å². The zero-order valence-electron chi connectivity index (χ0n) is 10.9. The van der Waals surface area contributed by atoms with E-state index >= 15 is 0 Å². The van der Waals surface area contributed by atoms with Gasteiger partial charge in [-0.05, 0) is 44.5 Å². The van der Waals surface area contributed by atoms with E-state index in [1.54, 1.807) is 0 Å². The molecule has 1 unspecified atom stereocenters. The summed E-state index contributed by atoms with van der Waals surface area (Å²) in [6, 6.07) is 8.18. The Bertz CT molecular complexity index is 328. The lowest BCUT2D eigenvalue weighted by Gasteiger charge is -2.20. The van der Waals surface area contributed by atoms with Crippen LogP contribution >= 0.6 is 11.6 Å². The molecule has 96 valence electrons. The molecule has 1 N–H and O–H groups in total. The highest BCUT2D eigenvalue weighted by Crippen LogP contribution is 2.18. The Balaban J connectivity index is 2.67. The van der Waals surface area contributed by atoms with E-state index < -0.39 is 0 Å². The van der Waals surface area contributed by atoms with Crippen LogP contribution in [0, 0.1) is 0 Å². The number of hydrogen-bond acceptors (Lipinski definition) is 2. The summed E-state index contributed by atoms with van der Waals surface area (Å²) in [5, 5.41) is 4.26. The molecule has 1 atom stereocenters. The van der Waals surface area contributed by atoms with Crippen molar-refractivity contribution in [3.05, 3.63) is 34.9 Å². The van der Waals surface area contributed by atoms with Crippen molar-refractivity contribution in [2.75, 3.05) is 13.2 Å². The van der Waals surface area contributed by atoms with Crippen molar-refractivity contribution >= 4 is 11.6 Å².